The molecule has 3 heterocycles. The molecule has 2 saturated heterocycles. The second kappa shape index (κ2) is 8.32. The molecule has 0 saturated carbocycles. The van der Waals surface area contributed by atoms with Gasteiger partial charge in [-0.3, -0.25) is 0 Å². The highest BCUT2D eigenvalue weighted by molar-refractivity contribution is 5.46. The Labute approximate surface area is 165 Å². The first-order valence-electron chi connectivity index (χ1n) is 9.92. The van der Waals surface area contributed by atoms with Crippen molar-refractivity contribution in [2.75, 3.05) is 49.7 Å². The van der Waals surface area contributed by atoms with E-state index in [1.54, 1.807) is 0 Å². The topological polar surface area (TPSA) is 79.7 Å². The van der Waals surface area contributed by atoms with Crippen molar-refractivity contribution in [1.82, 2.24) is 9.97 Å². The van der Waals surface area contributed by atoms with Crippen LogP contribution in [0.25, 0.3) is 0 Å². The number of nitrogens with one attached hydrogen (secondary N) is 1. The molecule has 1 aromatic heterocycles. The van der Waals surface area contributed by atoms with Crippen LogP contribution in [0.5, 0.6) is 5.75 Å². The highest BCUT2D eigenvalue weighted by atomic mass is 16.5. The summed E-state index contributed by atoms with van der Waals surface area (Å²) < 4.78 is 11.4. The molecule has 2 N–H and O–H groups in total. The first-order valence-corrected chi connectivity index (χ1v) is 9.92. The minimum atomic E-state index is -0.287. The molecule has 2 fully saturated rings. The van der Waals surface area contributed by atoms with Crippen LogP contribution in [0.15, 0.2) is 24.3 Å². The molecule has 7 heteroatoms. The standard InChI is InChI=1S/C21H28N4O3/c1-14-3-4-18(9-15(14)2)28-8-6-22-20-10-19(16-5-7-27-13-16)23-21(24-20)25-11-17(26)12-25/h3-4,9-10,16-17,26H,5-8,11-13H2,1-2H3,(H,22,23,24)/t16-/m0/s1. The maximum Gasteiger partial charge on any atom is 0.227 e. The third-order valence-electron chi connectivity index (χ3n) is 5.38. The van der Waals surface area contributed by atoms with Crippen LogP contribution in [-0.4, -0.2) is 60.6 Å². The van der Waals surface area contributed by atoms with Gasteiger partial charge in [0.05, 0.1) is 24.9 Å². The molecule has 0 radical (unpaired) electrons. The molecule has 0 bridgehead atoms. The molecule has 2 aromatic rings. The van der Waals surface area contributed by atoms with Crippen LogP contribution in [0.3, 0.4) is 0 Å². The van der Waals surface area contributed by atoms with Crippen molar-refractivity contribution in [2.24, 2.45) is 0 Å². The predicted molar refractivity (Wildman–Crippen MR) is 108 cm³/mol. The Balaban J connectivity index is 1.39. The van der Waals surface area contributed by atoms with Gasteiger partial charge in [0.25, 0.3) is 0 Å². The monoisotopic (exact) mass is 384 g/mol. The molecule has 0 spiro atoms. The number of nitrogens with zero attached hydrogens (tertiary/aromatic N) is 3. The summed E-state index contributed by atoms with van der Waals surface area (Å²) in [5.74, 6) is 2.65. The fraction of sp³-hybridized carbons (Fsp3) is 0.524. The lowest BCUT2D eigenvalue weighted by Gasteiger charge is -2.36. The number of β-amino-alcohol motifs (C(OH)–C–C–N with tert-alkyl or cyclic N) is 1. The van der Waals surface area contributed by atoms with E-state index in [-0.39, 0.29) is 6.10 Å². The number of aromatic nitrogens is 2. The minimum Gasteiger partial charge on any atom is -0.492 e. The summed E-state index contributed by atoms with van der Waals surface area (Å²) in [6.45, 7) is 8.02. The number of anilines is 2. The van der Waals surface area contributed by atoms with Crippen LogP contribution in [0, 0.1) is 13.8 Å². The molecule has 28 heavy (non-hydrogen) atoms. The van der Waals surface area contributed by atoms with Crippen molar-refractivity contribution in [3.8, 4) is 5.75 Å². The number of rotatable bonds is 7. The smallest absolute Gasteiger partial charge is 0.227 e. The molecule has 150 valence electrons. The summed E-state index contributed by atoms with van der Waals surface area (Å²) >= 11 is 0. The van der Waals surface area contributed by atoms with Crippen molar-refractivity contribution in [3.63, 3.8) is 0 Å². The van der Waals surface area contributed by atoms with Crippen LogP contribution in [0.1, 0.15) is 29.2 Å². The molecule has 0 amide bonds. The van der Waals surface area contributed by atoms with Crippen LogP contribution in [0.4, 0.5) is 11.8 Å². The lowest BCUT2D eigenvalue weighted by atomic mass is 10.0. The van der Waals surface area contributed by atoms with E-state index in [4.69, 9.17) is 14.5 Å². The van der Waals surface area contributed by atoms with Gasteiger partial charge >= 0.3 is 0 Å². The third-order valence-corrected chi connectivity index (χ3v) is 5.38. The zero-order valence-electron chi connectivity index (χ0n) is 16.5. The van der Waals surface area contributed by atoms with Gasteiger partial charge < -0.3 is 24.8 Å². The van der Waals surface area contributed by atoms with Gasteiger partial charge in [-0.15, -0.1) is 0 Å². The Morgan fingerprint density at radius 3 is 2.79 bits per heavy atom. The van der Waals surface area contributed by atoms with Gasteiger partial charge in [-0.1, -0.05) is 6.07 Å². The van der Waals surface area contributed by atoms with Crippen molar-refractivity contribution in [3.05, 3.63) is 41.1 Å². The third kappa shape index (κ3) is 4.36. The van der Waals surface area contributed by atoms with Crippen LogP contribution in [-0.2, 0) is 4.74 Å². The Morgan fingerprint density at radius 2 is 2.07 bits per heavy atom. The molecular formula is C21H28N4O3. The van der Waals surface area contributed by atoms with Crippen LogP contribution in [0.2, 0.25) is 0 Å². The van der Waals surface area contributed by atoms with E-state index < -0.39 is 0 Å². The van der Waals surface area contributed by atoms with Gasteiger partial charge in [0.2, 0.25) is 5.95 Å². The zero-order valence-corrected chi connectivity index (χ0v) is 16.5. The van der Waals surface area contributed by atoms with Gasteiger partial charge in [0.15, 0.2) is 0 Å². The number of aliphatic hydroxyl groups is 1. The first-order chi connectivity index (χ1) is 13.6. The molecule has 7 nitrogen and oxygen atoms in total. The lowest BCUT2D eigenvalue weighted by Crippen LogP contribution is -2.51. The summed E-state index contributed by atoms with van der Waals surface area (Å²) in [6.07, 6.45) is 0.693. The van der Waals surface area contributed by atoms with E-state index >= 15 is 0 Å². The molecule has 2 aliphatic heterocycles. The average Bonchev–Trinajstić information content (AvgIpc) is 3.20. The van der Waals surface area contributed by atoms with Gasteiger partial charge in [0.1, 0.15) is 18.2 Å². The molecule has 4 rings (SSSR count). The first kappa shape index (κ1) is 19.0. The van der Waals surface area contributed by atoms with E-state index in [0.29, 0.717) is 44.7 Å². The molecule has 2 aliphatic rings. The quantitative estimate of drug-likeness (QED) is 0.709. The highest BCUT2D eigenvalue weighted by Gasteiger charge is 2.28. The number of benzene rings is 1. The Bertz CT molecular complexity index is 817. The lowest BCUT2D eigenvalue weighted by molar-refractivity contribution is 0.140. The average molecular weight is 384 g/mol. The maximum absolute atomic E-state index is 9.60. The van der Waals surface area contributed by atoms with Crippen LogP contribution < -0.4 is 15.0 Å². The fourth-order valence-electron chi connectivity index (χ4n) is 3.43. The molecule has 1 aromatic carbocycles. The highest BCUT2D eigenvalue weighted by Crippen LogP contribution is 2.28. The van der Waals surface area contributed by atoms with Crippen molar-refractivity contribution in [2.45, 2.75) is 32.3 Å². The molecule has 1 atom stereocenters. The largest absolute Gasteiger partial charge is 0.492 e. The van der Waals surface area contributed by atoms with Gasteiger partial charge in [-0.25, -0.2) is 4.98 Å². The van der Waals surface area contributed by atoms with Crippen molar-refractivity contribution >= 4 is 11.8 Å². The Morgan fingerprint density at radius 1 is 1.21 bits per heavy atom. The second-order valence-electron chi connectivity index (χ2n) is 7.62. The molecule has 0 aliphatic carbocycles. The summed E-state index contributed by atoms with van der Waals surface area (Å²) in [5, 5.41) is 13.0. The van der Waals surface area contributed by atoms with Crippen molar-refractivity contribution < 1.29 is 14.6 Å². The Kier molecular flexibility index (Phi) is 5.64. The van der Waals surface area contributed by atoms with E-state index in [1.165, 1.54) is 11.1 Å². The van der Waals surface area contributed by atoms with E-state index in [0.717, 1.165) is 30.3 Å². The number of hydrogen-bond donors (Lipinski definition) is 2. The minimum absolute atomic E-state index is 0.287. The van der Waals surface area contributed by atoms with Gasteiger partial charge in [-0.05, 0) is 43.5 Å². The second-order valence-corrected chi connectivity index (χ2v) is 7.62. The van der Waals surface area contributed by atoms with Crippen LogP contribution >= 0.6 is 0 Å². The number of aryl methyl sites for hydroxylation is 2. The summed E-state index contributed by atoms with van der Waals surface area (Å²) in [4.78, 5) is 11.3. The fourth-order valence-corrected chi connectivity index (χ4v) is 3.43. The van der Waals surface area contributed by atoms with E-state index in [2.05, 4.69) is 36.3 Å². The number of aliphatic hydroxyl groups excluding tert-OH is 1. The maximum atomic E-state index is 9.60. The number of ether oxygens (including phenoxy) is 2. The van der Waals surface area contributed by atoms with Gasteiger partial charge in [0, 0.05) is 31.7 Å². The molecular weight excluding hydrogens is 356 g/mol. The van der Waals surface area contributed by atoms with Crippen molar-refractivity contribution in [1.29, 1.82) is 0 Å². The summed E-state index contributed by atoms with van der Waals surface area (Å²) in [7, 11) is 0. The van der Waals surface area contributed by atoms with Gasteiger partial charge in [-0.2, -0.15) is 4.98 Å². The Hall–Kier alpha value is -2.38. The van der Waals surface area contributed by atoms with E-state index in [9.17, 15) is 5.11 Å². The SMILES string of the molecule is Cc1ccc(OCCNc2cc([C@H]3CCOC3)nc(N3CC(O)C3)n2)cc1C. The predicted octanol–water partition coefficient (Wildman–Crippen LogP) is 2.27. The summed E-state index contributed by atoms with van der Waals surface area (Å²) in [5.41, 5.74) is 3.49. The molecule has 0 unspecified atom stereocenters. The normalized spacial score (nSPS) is 19.5. The summed E-state index contributed by atoms with van der Waals surface area (Å²) in [6, 6.07) is 8.14. The van der Waals surface area contributed by atoms with E-state index in [1.807, 2.05) is 17.0 Å². The number of hydrogen-bond acceptors (Lipinski definition) is 7. The zero-order chi connectivity index (χ0) is 19.5.